The van der Waals surface area contributed by atoms with Gasteiger partial charge in [-0.1, -0.05) is 15.9 Å². The summed E-state index contributed by atoms with van der Waals surface area (Å²) < 4.78 is 0.869. The maximum atomic E-state index is 13.1. The summed E-state index contributed by atoms with van der Waals surface area (Å²) >= 11 is 3.59. The number of nitrogens with zero attached hydrogens (tertiary/aromatic N) is 1. The molecular formula is C24H33BrN4O2. The summed E-state index contributed by atoms with van der Waals surface area (Å²) in [5.74, 6) is -0.179. The number of rotatable bonds is 6. The number of carbonyl (C=O) groups is 1. The average Bonchev–Trinajstić information content (AvgIpc) is 2.71. The normalized spacial score (nSPS) is 18.6. The second kappa shape index (κ2) is 10.0. The first-order valence-corrected chi connectivity index (χ1v) is 11.8. The molecule has 2 aromatic rings. The summed E-state index contributed by atoms with van der Waals surface area (Å²) in [5.41, 5.74) is 10.9. The zero-order valence-corrected chi connectivity index (χ0v) is 20.4. The Balaban J connectivity index is 1.84. The highest BCUT2D eigenvalue weighted by Crippen LogP contribution is 2.33. The van der Waals surface area contributed by atoms with Crippen molar-refractivity contribution >= 4 is 27.5 Å². The molecule has 0 radical (unpaired) electrons. The molecule has 1 amide bonds. The number of aromatic amines is 1. The molecule has 1 heterocycles. The minimum absolute atomic E-state index is 0.155. The molecule has 0 spiro atoms. The van der Waals surface area contributed by atoms with Gasteiger partial charge in [-0.3, -0.25) is 9.59 Å². The zero-order valence-electron chi connectivity index (χ0n) is 18.8. The van der Waals surface area contributed by atoms with E-state index in [4.69, 9.17) is 5.73 Å². The van der Waals surface area contributed by atoms with Crippen LogP contribution < -0.4 is 21.5 Å². The van der Waals surface area contributed by atoms with Crippen LogP contribution in [0, 0.1) is 20.8 Å². The highest BCUT2D eigenvalue weighted by molar-refractivity contribution is 9.10. The Kier molecular flexibility index (Phi) is 7.59. The number of nitrogens with two attached hydrogens (primary N) is 1. The van der Waals surface area contributed by atoms with Crippen LogP contribution in [0.1, 0.15) is 65.3 Å². The molecule has 0 saturated heterocycles. The van der Waals surface area contributed by atoms with Crippen molar-refractivity contribution in [2.75, 3.05) is 11.4 Å². The lowest BCUT2D eigenvalue weighted by molar-refractivity contribution is 0.0950. The van der Waals surface area contributed by atoms with E-state index in [9.17, 15) is 9.59 Å². The molecule has 0 aliphatic heterocycles. The first-order chi connectivity index (χ1) is 14.7. The second-order valence-electron chi connectivity index (χ2n) is 8.58. The van der Waals surface area contributed by atoms with Gasteiger partial charge in [0.1, 0.15) is 0 Å². The number of halogens is 1. The van der Waals surface area contributed by atoms with E-state index in [-0.39, 0.29) is 18.0 Å². The molecule has 1 aliphatic carbocycles. The third-order valence-electron chi connectivity index (χ3n) is 6.34. The van der Waals surface area contributed by atoms with Crippen LogP contribution in [-0.4, -0.2) is 29.5 Å². The minimum atomic E-state index is -0.179. The van der Waals surface area contributed by atoms with Gasteiger partial charge < -0.3 is 20.9 Å². The third-order valence-corrected chi connectivity index (χ3v) is 6.80. The van der Waals surface area contributed by atoms with Gasteiger partial charge in [-0.25, -0.2) is 0 Å². The number of amides is 1. The van der Waals surface area contributed by atoms with Gasteiger partial charge in [0.15, 0.2) is 0 Å². The molecule has 4 N–H and O–H groups in total. The van der Waals surface area contributed by atoms with Crippen molar-refractivity contribution in [3.05, 3.63) is 61.0 Å². The summed E-state index contributed by atoms with van der Waals surface area (Å²) in [7, 11) is 0. The smallest absolute Gasteiger partial charge is 0.253 e. The number of hydrogen-bond acceptors (Lipinski definition) is 4. The van der Waals surface area contributed by atoms with Gasteiger partial charge in [-0.15, -0.1) is 0 Å². The SMILES string of the molecule is CCN(c1cc(Br)cc(C(=O)NCc2c(C)cc(C)[nH]c2=O)c1C)[C@H]1CC[C@H](N)CC1. The van der Waals surface area contributed by atoms with Gasteiger partial charge in [0.25, 0.3) is 11.5 Å². The van der Waals surface area contributed by atoms with Crippen LogP contribution in [0.25, 0.3) is 0 Å². The quantitative estimate of drug-likeness (QED) is 0.570. The minimum Gasteiger partial charge on any atom is -0.369 e. The van der Waals surface area contributed by atoms with Crippen LogP contribution in [-0.2, 0) is 6.54 Å². The Labute approximate surface area is 192 Å². The fourth-order valence-corrected chi connectivity index (χ4v) is 5.05. The summed E-state index contributed by atoms with van der Waals surface area (Å²) in [6, 6.07) is 6.60. The molecule has 0 atom stereocenters. The number of H-pyrrole nitrogens is 1. The van der Waals surface area contributed by atoms with Gasteiger partial charge in [0, 0.05) is 52.2 Å². The van der Waals surface area contributed by atoms with Gasteiger partial charge in [-0.2, -0.15) is 0 Å². The highest BCUT2D eigenvalue weighted by atomic mass is 79.9. The Hall–Kier alpha value is -2.12. The molecular weight excluding hydrogens is 456 g/mol. The molecule has 1 fully saturated rings. The molecule has 0 unspecified atom stereocenters. The standard InChI is InChI=1S/C24H33BrN4O2/c1-5-29(19-8-6-18(26)7-9-19)22-12-17(25)11-20(16(22)4)23(30)27-13-21-14(2)10-15(3)28-24(21)31/h10-12,18-19H,5-9,13,26H2,1-4H3,(H,27,30)(H,28,31)/t18-,19-. The molecule has 1 aromatic carbocycles. The number of anilines is 1. The lowest BCUT2D eigenvalue weighted by Crippen LogP contribution is -2.41. The van der Waals surface area contributed by atoms with Crippen LogP contribution in [0.3, 0.4) is 0 Å². The zero-order chi connectivity index (χ0) is 22.7. The molecule has 7 heteroatoms. The van der Waals surface area contributed by atoms with E-state index in [1.165, 1.54) is 0 Å². The third kappa shape index (κ3) is 5.39. The predicted molar refractivity (Wildman–Crippen MR) is 130 cm³/mol. The number of benzene rings is 1. The summed E-state index contributed by atoms with van der Waals surface area (Å²) in [5, 5.41) is 2.94. The van der Waals surface area contributed by atoms with Crippen molar-refractivity contribution in [2.24, 2.45) is 5.73 Å². The average molecular weight is 489 g/mol. The monoisotopic (exact) mass is 488 g/mol. The Bertz CT molecular complexity index is 1010. The Morgan fingerprint density at radius 1 is 1.19 bits per heavy atom. The van der Waals surface area contributed by atoms with E-state index in [2.05, 4.69) is 44.1 Å². The Morgan fingerprint density at radius 2 is 1.87 bits per heavy atom. The first kappa shape index (κ1) is 23.5. The molecule has 6 nitrogen and oxygen atoms in total. The van der Waals surface area contributed by atoms with Crippen LogP contribution in [0.15, 0.2) is 27.5 Å². The van der Waals surface area contributed by atoms with Crippen LogP contribution in [0.2, 0.25) is 0 Å². The van der Waals surface area contributed by atoms with Crippen molar-refractivity contribution in [2.45, 2.75) is 72.0 Å². The van der Waals surface area contributed by atoms with E-state index in [1.54, 1.807) is 0 Å². The molecule has 1 aliphatic rings. The highest BCUT2D eigenvalue weighted by Gasteiger charge is 2.26. The number of aryl methyl sites for hydroxylation is 2. The fourth-order valence-electron chi connectivity index (χ4n) is 4.60. The number of carbonyl (C=O) groups excluding carboxylic acids is 1. The lowest BCUT2D eigenvalue weighted by Gasteiger charge is -2.38. The number of pyridine rings is 1. The predicted octanol–water partition coefficient (Wildman–Crippen LogP) is 4.09. The van der Waals surface area contributed by atoms with Crippen molar-refractivity contribution in [1.29, 1.82) is 0 Å². The maximum absolute atomic E-state index is 13.1. The van der Waals surface area contributed by atoms with E-state index < -0.39 is 0 Å². The van der Waals surface area contributed by atoms with Gasteiger partial charge in [0.05, 0.1) is 0 Å². The summed E-state index contributed by atoms with van der Waals surface area (Å²) in [6.07, 6.45) is 4.20. The van der Waals surface area contributed by atoms with Gasteiger partial charge in [-0.05, 0) is 82.7 Å². The molecule has 1 aromatic heterocycles. The molecule has 0 bridgehead atoms. The first-order valence-electron chi connectivity index (χ1n) is 11.0. The lowest BCUT2D eigenvalue weighted by atomic mass is 9.90. The largest absolute Gasteiger partial charge is 0.369 e. The summed E-state index contributed by atoms with van der Waals surface area (Å²) in [6.45, 7) is 8.96. The molecule has 168 valence electrons. The maximum Gasteiger partial charge on any atom is 0.253 e. The van der Waals surface area contributed by atoms with Crippen LogP contribution in [0.5, 0.6) is 0 Å². The van der Waals surface area contributed by atoms with Crippen molar-refractivity contribution in [1.82, 2.24) is 10.3 Å². The molecule has 3 rings (SSSR count). The number of aromatic nitrogens is 1. The van der Waals surface area contributed by atoms with Crippen molar-refractivity contribution in [3.8, 4) is 0 Å². The topological polar surface area (TPSA) is 91.2 Å². The second-order valence-corrected chi connectivity index (χ2v) is 9.49. The van der Waals surface area contributed by atoms with Gasteiger partial charge in [0.2, 0.25) is 0 Å². The number of hydrogen-bond donors (Lipinski definition) is 3. The van der Waals surface area contributed by atoms with Crippen LogP contribution >= 0.6 is 15.9 Å². The van der Waals surface area contributed by atoms with E-state index in [0.29, 0.717) is 23.2 Å². The Morgan fingerprint density at radius 3 is 2.48 bits per heavy atom. The summed E-state index contributed by atoms with van der Waals surface area (Å²) in [4.78, 5) is 30.6. The molecule has 31 heavy (non-hydrogen) atoms. The van der Waals surface area contributed by atoms with Crippen molar-refractivity contribution in [3.63, 3.8) is 0 Å². The fraction of sp³-hybridized carbons (Fsp3) is 0.500. The van der Waals surface area contributed by atoms with Gasteiger partial charge >= 0.3 is 0 Å². The molecule has 1 saturated carbocycles. The van der Waals surface area contributed by atoms with E-state index >= 15 is 0 Å². The van der Waals surface area contributed by atoms with Crippen molar-refractivity contribution < 1.29 is 4.79 Å². The number of nitrogens with one attached hydrogen (secondary N) is 2. The van der Waals surface area contributed by atoms with E-state index in [0.717, 1.165) is 59.2 Å². The van der Waals surface area contributed by atoms with E-state index in [1.807, 2.05) is 32.9 Å². The van der Waals surface area contributed by atoms with Crippen LogP contribution in [0.4, 0.5) is 5.69 Å².